The van der Waals surface area contributed by atoms with Gasteiger partial charge in [0.25, 0.3) is 10.1 Å². The summed E-state index contributed by atoms with van der Waals surface area (Å²) in [7, 11) is -4.59. The molecule has 202 valence electrons. The Kier molecular flexibility index (Phi) is 10.1. The number of esters is 1. The first kappa shape index (κ1) is 30.6. The molecule has 0 saturated carbocycles. The Balaban J connectivity index is 1.65. The van der Waals surface area contributed by atoms with Gasteiger partial charge in [0.05, 0.1) is 5.56 Å². The van der Waals surface area contributed by atoms with Crippen molar-refractivity contribution in [2.24, 2.45) is 0 Å². The Morgan fingerprint density at radius 3 is 2.11 bits per heavy atom. The maximum Gasteiger partial charge on any atom is 0.339 e. The Hall–Kier alpha value is -1.89. The minimum absolute atomic E-state index is 0.0420. The van der Waals surface area contributed by atoms with Crippen LogP contribution in [0.3, 0.4) is 0 Å². The van der Waals surface area contributed by atoms with Crippen molar-refractivity contribution in [1.29, 1.82) is 0 Å². The second kappa shape index (κ2) is 12.5. The third-order valence-corrected chi connectivity index (χ3v) is 6.34. The summed E-state index contributed by atoms with van der Waals surface area (Å²) in [4.78, 5) is 23.7. The number of aromatic nitrogens is 3. The molecule has 0 radical (unpaired) electrons. The molecule has 3 aromatic rings. The van der Waals surface area contributed by atoms with Crippen molar-refractivity contribution >= 4 is 97.8 Å². The smallest absolute Gasteiger partial charge is 0.339 e. The summed E-state index contributed by atoms with van der Waals surface area (Å²) >= 11 is 35.2. The molecule has 1 heterocycles. The monoisotopic (exact) mass is 659 g/mol. The van der Waals surface area contributed by atoms with Gasteiger partial charge in [-0.05, 0) is 35.9 Å². The minimum Gasteiger partial charge on any atom is -0.490 e. The Labute approximate surface area is 247 Å². The van der Waals surface area contributed by atoms with Crippen molar-refractivity contribution in [2.75, 3.05) is 13.2 Å². The average molecular weight is 662 g/mol. The van der Waals surface area contributed by atoms with Crippen LogP contribution in [-0.4, -0.2) is 47.1 Å². The van der Waals surface area contributed by atoms with Crippen LogP contribution in [-0.2, 0) is 22.4 Å². The number of alkyl halides is 6. The van der Waals surface area contributed by atoms with E-state index in [0.29, 0.717) is 11.3 Å². The molecule has 0 atom stereocenters. The van der Waals surface area contributed by atoms with Crippen LogP contribution in [0.4, 0.5) is 0 Å². The van der Waals surface area contributed by atoms with E-state index in [2.05, 4.69) is 15.0 Å². The quantitative estimate of drug-likeness (QED) is 0.130. The lowest BCUT2D eigenvalue weighted by Crippen LogP contribution is -2.16. The summed E-state index contributed by atoms with van der Waals surface area (Å²) in [6, 6.07) is 11.9. The zero-order valence-electron chi connectivity index (χ0n) is 18.7. The van der Waals surface area contributed by atoms with Crippen molar-refractivity contribution in [3.63, 3.8) is 0 Å². The zero-order chi connectivity index (χ0) is 28.1. The maximum atomic E-state index is 12.2. The lowest BCUT2D eigenvalue weighted by Gasteiger charge is -2.14. The number of ether oxygens (including phenoxy) is 2. The van der Waals surface area contributed by atoms with Gasteiger partial charge < -0.3 is 9.47 Å². The molecule has 2 aromatic carbocycles. The average Bonchev–Trinajstić information content (AvgIpc) is 2.84. The van der Waals surface area contributed by atoms with Gasteiger partial charge in [-0.1, -0.05) is 99.9 Å². The number of hydrogen-bond acceptors (Lipinski definition) is 8. The predicted molar refractivity (Wildman–Crippen MR) is 146 cm³/mol. The van der Waals surface area contributed by atoms with Crippen molar-refractivity contribution in [2.45, 2.75) is 12.5 Å². The van der Waals surface area contributed by atoms with E-state index < -0.39 is 28.6 Å². The van der Waals surface area contributed by atoms with E-state index >= 15 is 0 Å². The Morgan fingerprint density at radius 2 is 1.50 bits per heavy atom. The van der Waals surface area contributed by atoms with E-state index in [1.54, 1.807) is 30.3 Å². The number of carbonyl (C=O) groups is 1. The van der Waals surface area contributed by atoms with Gasteiger partial charge in [-0.15, -0.1) is 0 Å². The highest BCUT2D eigenvalue weighted by Gasteiger charge is 2.33. The predicted octanol–water partition coefficient (Wildman–Crippen LogP) is 6.18. The van der Waals surface area contributed by atoms with Crippen LogP contribution in [0.2, 0.25) is 0 Å². The van der Waals surface area contributed by atoms with Crippen molar-refractivity contribution < 1.29 is 27.2 Å². The highest BCUT2D eigenvalue weighted by Crippen LogP contribution is 2.40. The van der Waals surface area contributed by atoms with Crippen molar-refractivity contribution in [3.05, 3.63) is 77.1 Å². The molecule has 0 saturated heterocycles. The molecular weight excluding hydrogens is 647 g/mol. The molecule has 0 aliphatic carbocycles. The molecule has 3 rings (SSSR count). The molecule has 0 bridgehead atoms. The van der Waals surface area contributed by atoms with E-state index in [-0.39, 0.29) is 36.3 Å². The van der Waals surface area contributed by atoms with Crippen LogP contribution < -0.4 is 4.74 Å². The number of benzene rings is 2. The second-order valence-corrected chi connectivity index (χ2v) is 13.2. The maximum absolute atomic E-state index is 12.2. The largest absolute Gasteiger partial charge is 0.490 e. The van der Waals surface area contributed by atoms with Crippen LogP contribution in [0, 0.1) is 0 Å². The molecule has 0 amide bonds. The summed E-state index contributed by atoms with van der Waals surface area (Å²) in [5, 5.41) is 0. The highest BCUT2D eigenvalue weighted by atomic mass is 35.6. The summed E-state index contributed by atoms with van der Waals surface area (Å²) in [5.74, 6) is -0.903. The fraction of sp³-hybridized carbons (Fsp3) is 0.182. The van der Waals surface area contributed by atoms with E-state index in [0.717, 1.165) is 6.07 Å². The van der Waals surface area contributed by atoms with Crippen LogP contribution >= 0.6 is 69.6 Å². The van der Waals surface area contributed by atoms with Gasteiger partial charge in [0, 0.05) is 0 Å². The SMILES string of the molecule is O=C(OCCOc1cccc(/C=C/c2nc(C(Cl)(Cl)Cl)nc(C(Cl)(Cl)Cl)n2)c1)c1ccccc1S(=O)(=O)O. The normalized spacial score (nSPS) is 12.5. The number of hydrogen-bond donors (Lipinski definition) is 1. The zero-order valence-corrected chi connectivity index (χ0v) is 24.0. The topological polar surface area (TPSA) is 129 Å². The highest BCUT2D eigenvalue weighted by molar-refractivity contribution is 7.86. The molecule has 0 aliphatic heterocycles. The lowest BCUT2D eigenvalue weighted by molar-refractivity contribution is 0.0445. The van der Waals surface area contributed by atoms with Crippen LogP contribution in [0.5, 0.6) is 5.75 Å². The third-order valence-electron chi connectivity index (χ3n) is 4.41. The lowest BCUT2D eigenvalue weighted by atomic mass is 10.2. The van der Waals surface area contributed by atoms with Crippen LogP contribution in [0.1, 0.15) is 33.4 Å². The summed E-state index contributed by atoms with van der Waals surface area (Å²) in [6.07, 6.45) is 3.10. The first-order valence-corrected chi connectivity index (χ1v) is 13.9. The molecule has 16 heteroatoms. The Morgan fingerprint density at radius 1 is 0.868 bits per heavy atom. The molecule has 0 aliphatic rings. The van der Waals surface area contributed by atoms with Gasteiger partial charge >= 0.3 is 5.97 Å². The van der Waals surface area contributed by atoms with E-state index in [1.807, 2.05) is 0 Å². The molecule has 1 N–H and O–H groups in total. The van der Waals surface area contributed by atoms with E-state index in [1.165, 1.54) is 24.3 Å². The number of carbonyl (C=O) groups excluding carboxylic acids is 1. The second-order valence-electron chi connectivity index (χ2n) is 7.20. The fourth-order valence-electron chi connectivity index (χ4n) is 2.83. The molecule has 0 unspecified atom stereocenters. The first-order valence-electron chi connectivity index (χ1n) is 10.2. The summed E-state index contributed by atoms with van der Waals surface area (Å²) in [5.41, 5.74) is 0.365. The standard InChI is InChI=1S/C22H15Cl6N3O6S/c23-21(24,25)19-29-17(30-20(31-19)22(26,27)28)9-8-13-4-3-5-14(12-13)36-10-11-37-18(32)15-6-1-2-7-16(15)38(33,34)35/h1-9,12H,10-11H2,(H,33,34,35)/b9-8+. The van der Waals surface area contributed by atoms with E-state index in [9.17, 15) is 17.8 Å². The summed E-state index contributed by atoms with van der Waals surface area (Å²) in [6.45, 7) is -0.233. The first-order chi connectivity index (χ1) is 17.6. The number of nitrogens with zero attached hydrogens (tertiary/aromatic N) is 3. The molecular formula is C22H15Cl6N3O6S. The number of halogens is 6. The molecule has 1 aromatic heterocycles. The molecule has 38 heavy (non-hydrogen) atoms. The summed E-state index contributed by atoms with van der Waals surface area (Å²) < 4.78 is 38.8. The van der Waals surface area contributed by atoms with Crippen molar-refractivity contribution in [3.8, 4) is 5.75 Å². The van der Waals surface area contributed by atoms with Gasteiger partial charge in [-0.3, -0.25) is 4.55 Å². The van der Waals surface area contributed by atoms with Gasteiger partial charge in [0.15, 0.2) is 17.5 Å². The van der Waals surface area contributed by atoms with Gasteiger partial charge in [-0.25, -0.2) is 19.7 Å². The van der Waals surface area contributed by atoms with Crippen LogP contribution in [0.15, 0.2) is 53.4 Å². The van der Waals surface area contributed by atoms with Gasteiger partial charge in [-0.2, -0.15) is 8.42 Å². The Bertz CT molecular complexity index is 1430. The molecule has 0 spiro atoms. The fourth-order valence-corrected chi connectivity index (χ4v) is 4.02. The van der Waals surface area contributed by atoms with Crippen molar-refractivity contribution in [1.82, 2.24) is 15.0 Å². The van der Waals surface area contributed by atoms with Gasteiger partial charge in [0.1, 0.15) is 23.9 Å². The minimum atomic E-state index is -4.59. The number of rotatable bonds is 8. The molecule has 9 nitrogen and oxygen atoms in total. The van der Waals surface area contributed by atoms with E-state index in [4.69, 9.17) is 79.1 Å². The van der Waals surface area contributed by atoms with Crippen LogP contribution in [0.25, 0.3) is 12.2 Å². The third kappa shape index (κ3) is 8.82. The molecule has 0 fully saturated rings. The van der Waals surface area contributed by atoms with Gasteiger partial charge in [0.2, 0.25) is 7.59 Å².